The fourth-order valence-electron chi connectivity index (χ4n) is 2.81. The van der Waals surface area contributed by atoms with Crippen LogP contribution in [0.4, 0.5) is 5.69 Å². The van der Waals surface area contributed by atoms with E-state index >= 15 is 0 Å². The van der Waals surface area contributed by atoms with E-state index in [4.69, 9.17) is 17.0 Å². The van der Waals surface area contributed by atoms with Gasteiger partial charge in [0.25, 0.3) is 11.8 Å². The molecule has 1 aliphatic heterocycles. The molecule has 156 valence electrons. The molecule has 5 nitrogen and oxygen atoms in total. The zero-order valence-corrected chi connectivity index (χ0v) is 19.1. The molecular weight excluding hydrogens is 436 g/mol. The van der Waals surface area contributed by atoms with E-state index in [1.807, 2.05) is 30.3 Å². The molecule has 0 aliphatic carbocycles. The monoisotopic (exact) mass is 458 g/mol. The van der Waals surface area contributed by atoms with E-state index in [0.717, 1.165) is 17.3 Å². The maximum atomic E-state index is 13.1. The lowest BCUT2D eigenvalue weighted by Gasteiger charge is -2.29. The first-order valence-electron chi connectivity index (χ1n) is 9.51. The van der Waals surface area contributed by atoms with Crippen molar-refractivity contribution in [3.63, 3.8) is 0 Å². The van der Waals surface area contributed by atoms with Crippen molar-refractivity contribution in [2.45, 2.75) is 18.4 Å². The molecule has 3 rings (SSSR count). The van der Waals surface area contributed by atoms with Crippen LogP contribution in [0.15, 0.2) is 66.2 Å². The third-order valence-electron chi connectivity index (χ3n) is 4.14. The Labute approximate surface area is 190 Å². The van der Waals surface area contributed by atoms with Crippen LogP contribution in [0.1, 0.15) is 13.8 Å². The number of rotatable bonds is 8. The van der Waals surface area contributed by atoms with Crippen molar-refractivity contribution in [3.8, 4) is 11.5 Å². The van der Waals surface area contributed by atoms with Gasteiger partial charge in [0.15, 0.2) is 5.11 Å². The summed E-state index contributed by atoms with van der Waals surface area (Å²) in [5.41, 5.74) is 0.680. The highest BCUT2D eigenvalue weighted by Crippen LogP contribution is 2.29. The van der Waals surface area contributed by atoms with Gasteiger partial charge < -0.3 is 4.74 Å². The number of nitrogens with one attached hydrogen (secondary N) is 1. The second kappa shape index (κ2) is 10.7. The van der Waals surface area contributed by atoms with E-state index in [1.54, 1.807) is 53.9 Å². The van der Waals surface area contributed by atoms with Crippen molar-refractivity contribution in [2.24, 2.45) is 0 Å². The quantitative estimate of drug-likeness (QED) is 0.260. The minimum atomic E-state index is -0.455. The van der Waals surface area contributed by atoms with E-state index in [1.165, 1.54) is 4.90 Å². The van der Waals surface area contributed by atoms with Gasteiger partial charge in [-0.3, -0.25) is 19.8 Å². The summed E-state index contributed by atoms with van der Waals surface area (Å²) < 4.78 is 5.82. The van der Waals surface area contributed by atoms with Gasteiger partial charge in [-0.2, -0.15) is 0 Å². The summed E-state index contributed by atoms with van der Waals surface area (Å²) in [4.78, 5) is 26.9. The normalized spacial score (nSPS) is 15.6. The first-order chi connectivity index (χ1) is 14.5. The summed E-state index contributed by atoms with van der Waals surface area (Å²) >= 11 is 8.65. The van der Waals surface area contributed by atoms with Crippen LogP contribution in [0.2, 0.25) is 0 Å². The van der Waals surface area contributed by atoms with Gasteiger partial charge in [-0.15, -0.1) is 23.5 Å². The molecule has 30 heavy (non-hydrogen) atoms. The fraction of sp³-hybridized carbons (Fsp3) is 0.227. The standard InChI is InChI=1S/C22H22N2O3S3/c1-3-29-19(30-4-2)14-18-20(25)23-22(28)24(21(18)26)15-10-12-17(13-11-15)27-16-8-6-5-7-9-16/h5-14,19H,3-4H2,1-2H3,(H,23,25,28)/b18-14+. The van der Waals surface area contributed by atoms with Gasteiger partial charge in [-0.05, 0) is 66.2 Å². The topological polar surface area (TPSA) is 58.6 Å². The number of hydrogen-bond donors (Lipinski definition) is 1. The van der Waals surface area contributed by atoms with Crippen molar-refractivity contribution >= 4 is 58.4 Å². The molecule has 0 spiro atoms. The molecule has 2 aromatic rings. The lowest BCUT2D eigenvalue weighted by Crippen LogP contribution is -2.54. The summed E-state index contributed by atoms with van der Waals surface area (Å²) in [5, 5.41) is 2.70. The summed E-state index contributed by atoms with van der Waals surface area (Å²) in [6.45, 7) is 4.10. The van der Waals surface area contributed by atoms with Gasteiger partial charge in [0.2, 0.25) is 0 Å². The number of ether oxygens (including phenoxy) is 1. The Bertz CT molecular complexity index is 940. The van der Waals surface area contributed by atoms with Gasteiger partial charge in [-0.25, -0.2) is 0 Å². The van der Waals surface area contributed by atoms with E-state index in [-0.39, 0.29) is 15.3 Å². The number of nitrogens with zero attached hydrogens (tertiary/aromatic N) is 1. The molecule has 0 aromatic heterocycles. The Hall–Kier alpha value is -2.29. The Morgan fingerprint density at radius 3 is 2.20 bits per heavy atom. The predicted molar refractivity (Wildman–Crippen MR) is 129 cm³/mol. The average molecular weight is 459 g/mol. The molecule has 1 fully saturated rings. The molecular formula is C22H22N2O3S3. The molecule has 1 saturated heterocycles. The number of para-hydroxylation sites is 1. The molecule has 1 heterocycles. The van der Waals surface area contributed by atoms with E-state index in [2.05, 4.69) is 19.2 Å². The number of thioether (sulfide) groups is 2. The molecule has 8 heteroatoms. The number of thiocarbonyl (C=S) groups is 1. The molecule has 1 aliphatic rings. The maximum absolute atomic E-state index is 13.1. The second-order valence-electron chi connectivity index (χ2n) is 6.17. The largest absolute Gasteiger partial charge is 0.457 e. The molecule has 0 radical (unpaired) electrons. The number of carbonyl (C=O) groups is 2. The maximum Gasteiger partial charge on any atom is 0.269 e. The molecule has 0 unspecified atom stereocenters. The number of hydrogen-bond acceptors (Lipinski definition) is 6. The van der Waals surface area contributed by atoms with Crippen molar-refractivity contribution in [3.05, 3.63) is 66.2 Å². The zero-order chi connectivity index (χ0) is 21.5. The summed E-state index contributed by atoms with van der Waals surface area (Å²) in [5.74, 6) is 2.27. The van der Waals surface area contributed by atoms with Crippen molar-refractivity contribution in [1.29, 1.82) is 0 Å². The predicted octanol–water partition coefficient (Wildman–Crippen LogP) is 4.99. The Balaban J connectivity index is 1.82. The molecule has 0 atom stereocenters. The van der Waals surface area contributed by atoms with E-state index < -0.39 is 11.8 Å². The van der Waals surface area contributed by atoms with Gasteiger partial charge >= 0.3 is 0 Å². The minimum absolute atomic E-state index is 0.0277. The van der Waals surface area contributed by atoms with Crippen LogP contribution in [0.25, 0.3) is 0 Å². The molecule has 2 aromatic carbocycles. The fourth-order valence-corrected chi connectivity index (χ4v) is 5.41. The van der Waals surface area contributed by atoms with Gasteiger partial charge in [-0.1, -0.05) is 32.0 Å². The van der Waals surface area contributed by atoms with Crippen molar-refractivity contribution in [1.82, 2.24) is 5.32 Å². The third kappa shape index (κ3) is 5.44. The molecule has 1 N–H and O–H groups in total. The van der Waals surface area contributed by atoms with Crippen molar-refractivity contribution in [2.75, 3.05) is 16.4 Å². The van der Waals surface area contributed by atoms with Crippen molar-refractivity contribution < 1.29 is 14.3 Å². The van der Waals surface area contributed by atoms with Crippen LogP contribution in [0.3, 0.4) is 0 Å². The SMILES string of the molecule is CCSC(/C=C1\C(=O)NC(=S)N(c2ccc(Oc3ccccc3)cc2)C1=O)SCC. The second-order valence-corrected chi connectivity index (χ2v) is 9.69. The number of amides is 2. The highest BCUT2D eigenvalue weighted by molar-refractivity contribution is 8.17. The number of carbonyl (C=O) groups excluding carboxylic acids is 2. The summed E-state index contributed by atoms with van der Waals surface area (Å²) in [6.07, 6.45) is 1.74. The van der Waals surface area contributed by atoms with E-state index in [0.29, 0.717) is 11.4 Å². The molecule has 2 amide bonds. The highest BCUT2D eigenvalue weighted by atomic mass is 32.2. The first kappa shape index (κ1) is 22.4. The van der Waals surface area contributed by atoms with Crippen LogP contribution in [0, 0.1) is 0 Å². The smallest absolute Gasteiger partial charge is 0.269 e. The van der Waals surface area contributed by atoms with Gasteiger partial charge in [0.05, 0.1) is 10.3 Å². The van der Waals surface area contributed by atoms with E-state index in [9.17, 15) is 9.59 Å². The Morgan fingerprint density at radius 1 is 1.00 bits per heavy atom. The average Bonchev–Trinajstić information content (AvgIpc) is 2.73. The number of anilines is 1. The van der Waals surface area contributed by atoms with Crippen LogP contribution < -0.4 is 15.0 Å². The van der Waals surface area contributed by atoms with Crippen LogP contribution in [0.5, 0.6) is 11.5 Å². The number of benzene rings is 2. The zero-order valence-electron chi connectivity index (χ0n) is 16.7. The third-order valence-corrected chi connectivity index (χ3v) is 6.84. The lowest BCUT2D eigenvalue weighted by atomic mass is 10.1. The van der Waals surface area contributed by atoms with Gasteiger partial charge in [0, 0.05) is 0 Å². The van der Waals surface area contributed by atoms with Crippen LogP contribution in [-0.4, -0.2) is 33.0 Å². The molecule has 0 bridgehead atoms. The summed E-state index contributed by atoms with van der Waals surface area (Å²) in [7, 11) is 0. The minimum Gasteiger partial charge on any atom is -0.457 e. The van der Waals surface area contributed by atoms with Gasteiger partial charge in [0.1, 0.15) is 17.1 Å². The Kier molecular flexibility index (Phi) is 7.95. The van der Waals surface area contributed by atoms with Crippen LogP contribution >= 0.6 is 35.7 Å². The molecule has 0 saturated carbocycles. The Morgan fingerprint density at radius 2 is 1.60 bits per heavy atom. The first-order valence-corrected chi connectivity index (χ1v) is 12.0. The lowest BCUT2D eigenvalue weighted by molar-refractivity contribution is -0.122. The van der Waals surface area contributed by atoms with Crippen LogP contribution in [-0.2, 0) is 9.59 Å². The summed E-state index contributed by atoms with van der Waals surface area (Å²) in [6, 6.07) is 16.5. The highest BCUT2D eigenvalue weighted by Gasteiger charge is 2.35.